The highest BCUT2D eigenvalue weighted by molar-refractivity contribution is 6.51. The molecule has 1 aliphatic rings. The topological polar surface area (TPSA) is 70.5 Å². The highest BCUT2D eigenvalue weighted by Gasteiger charge is 2.47. The van der Waals surface area contributed by atoms with Crippen molar-refractivity contribution in [1.29, 1.82) is 0 Å². The zero-order chi connectivity index (χ0) is 20.5. The van der Waals surface area contributed by atoms with Crippen LogP contribution in [0.5, 0.6) is 0 Å². The molecule has 0 aliphatic carbocycles. The van der Waals surface area contributed by atoms with E-state index in [0.29, 0.717) is 21.8 Å². The van der Waals surface area contributed by atoms with Crippen molar-refractivity contribution in [2.75, 3.05) is 4.90 Å². The van der Waals surface area contributed by atoms with Crippen molar-refractivity contribution in [3.05, 3.63) is 100 Å². The first-order valence-electron chi connectivity index (χ1n) is 9.01. The standard InChI is InChI=1S/C23H17ClN2O3/c1-14-4-6-15(7-5-14)20-19(21(27)16-8-10-17(24)11-9-16)22(28)23(29)26(20)18-3-2-12-25-13-18/h2-13,20,27H,1H3. The highest BCUT2D eigenvalue weighted by Crippen LogP contribution is 2.41. The van der Waals surface area contributed by atoms with Gasteiger partial charge in [-0.25, -0.2) is 0 Å². The second-order valence-electron chi connectivity index (χ2n) is 6.80. The number of amides is 1. The van der Waals surface area contributed by atoms with Crippen LogP contribution in [0.15, 0.2) is 78.6 Å². The number of carbonyl (C=O) groups excluding carboxylic acids is 2. The molecular formula is C23H17ClN2O3. The zero-order valence-corrected chi connectivity index (χ0v) is 16.3. The third-order valence-corrected chi connectivity index (χ3v) is 5.13. The van der Waals surface area contributed by atoms with Gasteiger partial charge in [0.15, 0.2) is 0 Å². The molecule has 1 amide bonds. The lowest BCUT2D eigenvalue weighted by Crippen LogP contribution is -2.29. The second kappa shape index (κ2) is 7.53. The van der Waals surface area contributed by atoms with Crippen molar-refractivity contribution in [2.24, 2.45) is 0 Å². The fourth-order valence-corrected chi connectivity index (χ4v) is 3.55. The fourth-order valence-electron chi connectivity index (χ4n) is 3.42. The summed E-state index contributed by atoms with van der Waals surface area (Å²) in [6.45, 7) is 1.95. The molecule has 1 N–H and O–H groups in total. The SMILES string of the molecule is Cc1ccc(C2C(=C(O)c3ccc(Cl)cc3)C(=O)C(=O)N2c2cccnc2)cc1. The van der Waals surface area contributed by atoms with Gasteiger partial charge in [0.25, 0.3) is 11.7 Å². The van der Waals surface area contributed by atoms with Crippen LogP contribution in [0, 0.1) is 6.92 Å². The average molecular weight is 405 g/mol. The van der Waals surface area contributed by atoms with Crippen molar-refractivity contribution in [1.82, 2.24) is 4.98 Å². The lowest BCUT2D eigenvalue weighted by atomic mass is 9.94. The first-order valence-corrected chi connectivity index (χ1v) is 9.38. The van der Waals surface area contributed by atoms with Gasteiger partial charge in [-0.05, 0) is 48.9 Å². The first-order chi connectivity index (χ1) is 14.0. The molecule has 1 unspecified atom stereocenters. The van der Waals surface area contributed by atoms with Crippen LogP contribution in [0.1, 0.15) is 22.7 Å². The second-order valence-corrected chi connectivity index (χ2v) is 7.23. The molecule has 5 nitrogen and oxygen atoms in total. The Labute approximate surface area is 172 Å². The van der Waals surface area contributed by atoms with E-state index in [-0.39, 0.29) is 11.3 Å². The molecule has 4 rings (SSSR count). The number of nitrogens with zero attached hydrogens (tertiary/aromatic N) is 2. The van der Waals surface area contributed by atoms with Gasteiger partial charge in [-0.1, -0.05) is 41.4 Å². The van der Waals surface area contributed by atoms with Crippen LogP contribution < -0.4 is 4.90 Å². The van der Waals surface area contributed by atoms with E-state index < -0.39 is 17.7 Å². The molecule has 6 heteroatoms. The van der Waals surface area contributed by atoms with Crippen LogP contribution in [0.2, 0.25) is 5.02 Å². The van der Waals surface area contributed by atoms with Crippen LogP contribution in [0.25, 0.3) is 5.76 Å². The van der Waals surface area contributed by atoms with Crippen LogP contribution in [0.4, 0.5) is 5.69 Å². The fraction of sp³-hybridized carbons (Fsp3) is 0.0870. The van der Waals surface area contributed by atoms with E-state index in [1.165, 1.54) is 11.1 Å². The number of hydrogen-bond acceptors (Lipinski definition) is 4. The quantitative estimate of drug-likeness (QED) is 0.391. The van der Waals surface area contributed by atoms with Gasteiger partial charge in [-0.2, -0.15) is 0 Å². The molecule has 0 radical (unpaired) electrons. The number of aromatic nitrogens is 1. The molecule has 0 saturated carbocycles. The van der Waals surface area contributed by atoms with Crippen LogP contribution >= 0.6 is 11.6 Å². The predicted octanol–water partition coefficient (Wildman–Crippen LogP) is 4.67. The number of hydrogen-bond donors (Lipinski definition) is 1. The summed E-state index contributed by atoms with van der Waals surface area (Å²) in [6.07, 6.45) is 3.11. The van der Waals surface area contributed by atoms with Gasteiger partial charge in [0, 0.05) is 16.8 Å². The summed E-state index contributed by atoms with van der Waals surface area (Å²) in [4.78, 5) is 31.4. The Morgan fingerprint density at radius 1 is 1.03 bits per heavy atom. The molecule has 3 aromatic rings. The normalized spacial score (nSPS) is 18.3. The number of ketones is 1. The van der Waals surface area contributed by atoms with E-state index in [1.54, 1.807) is 42.6 Å². The lowest BCUT2D eigenvalue weighted by molar-refractivity contribution is -0.132. The number of aliphatic hydroxyl groups is 1. The summed E-state index contributed by atoms with van der Waals surface area (Å²) >= 11 is 5.94. The number of anilines is 1. The molecule has 1 atom stereocenters. The maximum absolute atomic E-state index is 13.0. The molecule has 2 heterocycles. The van der Waals surface area contributed by atoms with Gasteiger partial charge < -0.3 is 5.11 Å². The Kier molecular flexibility index (Phi) is 4.91. The van der Waals surface area contributed by atoms with E-state index in [9.17, 15) is 14.7 Å². The summed E-state index contributed by atoms with van der Waals surface area (Å²) in [5.41, 5.74) is 2.69. The third-order valence-electron chi connectivity index (χ3n) is 4.88. The van der Waals surface area contributed by atoms with Crippen molar-refractivity contribution >= 4 is 34.7 Å². The van der Waals surface area contributed by atoms with Crippen molar-refractivity contribution in [3.8, 4) is 0 Å². The maximum Gasteiger partial charge on any atom is 0.300 e. The molecule has 144 valence electrons. The number of rotatable bonds is 3. The minimum absolute atomic E-state index is 0.0324. The molecule has 1 fully saturated rings. The zero-order valence-electron chi connectivity index (χ0n) is 15.5. The number of benzene rings is 2. The molecule has 29 heavy (non-hydrogen) atoms. The first kappa shape index (κ1) is 18.9. The van der Waals surface area contributed by atoms with E-state index in [1.807, 2.05) is 31.2 Å². The Morgan fingerprint density at radius 3 is 2.34 bits per heavy atom. The summed E-state index contributed by atoms with van der Waals surface area (Å²) in [6, 6.07) is 16.6. The number of aryl methyl sites for hydroxylation is 1. The molecule has 1 aromatic heterocycles. The van der Waals surface area contributed by atoms with Crippen LogP contribution in [-0.2, 0) is 9.59 Å². The van der Waals surface area contributed by atoms with Gasteiger partial charge >= 0.3 is 0 Å². The Balaban J connectivity index is 1.94. The van der Waals surface area contributed by atoms with Crippen molar-refractivity contribution in [3.63, 3.8) is 0 Å². The van der Waals surface area contributed by atoms with E-state index in [2.05, 4.69) is 4.98 Å². The predicted molar refractivity (Wildman–Crippen MR) is 112 cm³/mol. The average Bonchev–Trinajstić information content (AvgIpc) is 3.00. The van der Waals surface area contributed by atoms with Crippen molar-refractivity contribution < 1.29 is 14.7 Å². The van der Waals surface area contributed by atoms with Gasteiger partial charge in [0.2, 0.25) is 0 Å². The summed E-state index contributed by atoms with van der Waals surface area (Å²) in [5, 5.41) is 11.5. The van der Waals surface area contributed by atoms with Crippen LogP contribution in [-0.4, -0.2) is 21.8 Å². The molecule has 1 saturated heterocycles. The molecule has 2 aromatic carbocycles. The van der Waals surface area contributed by atoms with Gasteiger partial charge in [0.1, 0.15) is 5.76 Å². The largest absolute Gasteiger partial charge is 0.507 e. The van der Waals surface area contributed by atoms with E-state index >= 15 is 0 Å². The monoisotopic (exact) mass is 404 g/mol. The van der Waals surface area contributed by atoms with Crippen LogP contribution in [0.3, 0.4) is 0 Å². The van der Waals surface area contributed by atoms with Gasteiger partial charge in [-0.15, -0.1) is 0 Å². The maximum atomic E-state index is 13.0. The molecule has 1 aliphatic heterocycles. The molecule has 0 bridgehead atoms. The summed E-state index contributed by atoms with van der Waals surface area (Å²) in [5.74, 6) is -1.69. The van der Waals surface area contributed by atoms with E-state index in [4.69, 9.17) is 11.6 Å². The Hall–Kier alpha value is -3.44. The third kappa shape index (κ3) is 3.41. The molecular weight excluding hydrogens is 388 g/mol. The summed E-state index contributed by atoms with van der Waals surface area (Å²) < 4.78 is 0. The highest BCUT2D eigenvalue weighted by atomic mass is 35.5. The van der Waals surface area contributed by atoms with Crippen molar-refractivity contribution in [2.45, 2.75) is 13.0 Å². The number of pyridine rings is 1. The summed E-state index contributed by atoms with van der Waals surface area (Å²) in [7, 11) is 0. The Morgan fingerprint density at radius 2 is 1.72 bits per heavy atom. The number of carbonyl (C=O) groups is 2. The lowest BCUT2D eigenvalue weighted by Gasteiger charge is -2.25. The molecule has 0 spiro atoms. The van der Waals surface area contributed by atoms with Gasteiger partial charge in [0.05, 0.1) is 23.5 Å². The Bertz CT molecular complexity index is 1110. The smallest absolute Gasteiger partial charge is 0.300 e. The minimum atomic E-state index is -0.768. The number of aliphatic hydroxyl groups excluding tert-OH is 1. The number of Topliss-reactive ketones (excluding diaryl/α,β-unsaturated/α-hetero) is 1. The van der Waals surface area contributed by atoms with Gasteiger partial charge in [-0.3, -0.25) is 19.5 Å². The number of halogens is 1. The van der Waals surface area contributed by atoms with E-state index in [0.717, 1.165) is 5.56 Å². The minimum Gasteiger partial charge on any atom is -0.507 e.